The van der Waals surface area contributed by atoms with Crippen LogP contribution in [0.4, 0.5) is 0 Å². The molecule has 1 amide bonds. The van der Waals surface area contributed by atoms with Crippen molar-refractivity contribution in [3.63, 3.8) is 0 Å². The van der Waals surface area contributed by atoms with Crippen molar-refractivity contribution >= 4 is 5.91 Å². The van der Waals surface area contributed by atoms with Gasteiger partial charge in [-0.1, -0.05) is 12.1 Å². The fourth-order valence-corrected chi connectivity index (χ4v) is 2.51. The lowest BCUT2D eigenvalue weighted by molar-refractivity contribution is 0.0937. The number of hydrogen-bond acceptors (Lipinski definition) is 5. The minimum absolute atomic E-state index is 0.190. The lowest BCUT2D eigenvalue weighted by Gasteiger charge is -2.18. The molecule has 0 fully saturated rings. The van der Waals surface area contributed by atoms with Crippen LogP contribution in [0.25, 0.3) is 5.69 Å². The van der Waals surface area contributed by atoms with Crippen molar-refractivity contribution in [1.29, 1.82) is 0 Å². The van der Waals surface area contributed by atoms with E-state index in [0.717, 1.165) is 11.5 Å². The Kier molecular flexibility index (Phi) is 4.37. The predicted octanol–water partition coefficient (Wildman–Crippen LogP) is 1.93. The number of hydrogen-bond donors (Lipinski definition) is 1. The molecule has 0 aliphatic carbocycles. The van der Waals surface area contributed by atoms with Crippen LogP contribution < -0.4 is 5.32 Å². The van der Waals surface area contributed by atoms with Crippen molar-refractivity contribution in [2.75, 3.05) is 0 Å². The summed E-state index contributed by atoms with van der Waals surface area (Å²) in [6, 6.07) is 7.26. The van der Waals surface area contributed by atoms with E-state index >= 15 is 0 Å². The van der Waals surface area contributed by atoms with Crippen LogP contribution in [0.2, 0.25) is 0 Å². The van der Waals surface area contributed by atoms with Gasteiger partial charge < -0.3 is 9.88 Å². The number of amides is 1. The number of carbonyl (C=O) groups is 1. The summed E-state index contributed by atoms with van der Waals surface area (Å²) in [5.74, 6) is 0.533. The number of para-hydroxylation sites is 1. The maximum absolute atomic E-state index is 12.7. The van der Waals surface area contributed by atoms with Crippen LogP contribution in [-0.2, 0) is 0 Å². The van der Waals surface area contributed by atoms with Crippen molar-refractivity contribution in [3.8, 4) is 5.69 Å². The summed E-state index contributed by atoms with van der Waals surface area (Å²) in [6.07, 6.45) is 4.80. The van der Waals surface area contributed by atoms with Crippen molar-refractivity contribution in [2.45, 2.75) is 32.9 Å². The molecule has 1 N–H and O–H groups in total. The van der Waals surface area contributed by atoms with Gasteiger partial charge in [-0.15, -0.1) is 20.4 Å². The first-order valence-electron chi connectivity index (χ1n) is 7.72. The number of benzene rings is 1. The third-order valence-corrected chi connectivity index (χ3v) is 3.74. The molecule has 0 radical (unpaired) electrons. The molecule has 0 spiro atoms. The topological polar surface area (TPSA) is 90.5 Å². The van der Waals surface area contributed by atoms with Crippen molar-refractivity contribution in [2.24, 2.45) is 0 Å². The van der Waals surface area contributed by atoms with E-state index in [1.54, 1.807) is 29.6 Å². The van der Waals surface area contributed by atoms with Gasteiger partial charge in [0, 0.05) is 6.04 Å². The van der Waals surface area contributed by atoms with Gasteiger partial charge in [-0.25, -0.2) is 0 Å². The smallest absolute Gasteiger partial charge is 0.253 e. The van der Waals surface area contributed by atoms with Gasteiger partial charge in [-0.05, 0) is 32.9 Å². The molecular formula is C16H19N7O. The molecule has 1 unspecified atom stereocenters. The van der Waals surface area contributed by atoms with Crippen LogP contribution >= 0.6 is 0 Å². The fraction of sp³-hybridized carbons (Fsp3) is 0.312. The van der Waals surface area contributed by atoms with Crippen LogP contribution in [0.1, 0.15) is 49.0 Å². The predicted molar refractivity (Wildman–Crippen MR) is 87.6 cm³/mol. The Bertz CT molecular complexity index is 823. The Balaban J connectivity index is 1.84. The molecule has 24 heavy (non-hydrogen) atoms. The average Bonchev–Trinajstić information content (AvgIpc) is 3.26. The van der Waals surface area contributed by atoms with E-state index in [9.17, 15) is 4.79 Å². The molecule has 1 atom stereocenters. The summed E-state index contributed by atoms with van der Waals surface area (Å²) in [4.78, 5) is 12.7. The van der Waals surface area contributed by atoms with Gasteiger partial charge in [0.25, 0.3) is 5.91 Å². The molecule has 124 valence electrons. The van der Waals surface area contributed by atoms with Crippen molar-refractivity contribution in [3.05, 3.63) is 54.6 Å². The van der Waals surface area contributed by atoms with E-state index in [2.05, 4.69) is 25.7 Å². The second-order valence-corrected chi connectivity index (χ2v) is 5.77. The number of rotatable bonds is 5. The minimum atomic E-state index is -0.267. The summed E-state index contributed by atoms with van der Waals surface area (Å²) < 4.78 is 3.65. The van der Waals surface area contributed by atoms with Gasteiger partial charge >= 0.3 is 0 Å². The molecule has 3 aromatic rings. The third kappa shape index (κ3) is 3.03. The summed E-state index contributed by atoms with van der Waals surface area (Å²) in [6.45, 7) is 5.98. The van der Waals surface area contributed by atoms with Gasteiger partial charge in [-0.3, -0.25) is 9.36 Å². The van der Waals surface area contributed by atoms with E-state index in [0.29, 0.717) is 5.56 Å². The monoisotopic (exact) mass is 325 g/mol. The largest absolute Gasteiger partial charge is 0.342 e. The highest BCUT2D eigenvalue weighted by atomic mass is 16.1. The lowest BCUT2D eigenvalue weighted by atomic mass is 10.1. The first kappa shape index (κ1) is 15.9. The Morgan fingerprint density at radius 3 is 2.46 bits per heavy atom. The van der Waals surface area contributed by atoms with Crippen molar-refractivity contribution in [1.82, 2.24) is 34.8 Å². The number of carbonyl (C=O) groups excluding carboxylic acids is 1. The van der Waals surface area contributed by atoms with E-state index in [4.69, 9.17) is 0 Å². The molecule has 0 saturated carbocycles. The summed E-state index contributed by atoms with van der Waals surface area (Å²) >= 11 is 0. The highest BCUT2D eigenvalue weighted by Gasteiger charge is 2.19. The molecule has 0 bridgehead atoms. The maximum atomic E-state index is 12.7. The average molecular weight is 325 g/mol. The second-order valence-electron chi connectivity index (χ2n) is 5.77. The highest BCUT2D eigenvalue weighted by molar-refractivity contribution is 5.97. The molecule has 0 aliphatic heterocycles. The van der Waals surface area contributed by atoms with Gasteiger partial charge in [0.05, 0.1) is 17.3 Å². The molecule has 2 aromatic heterocycles. The second kappa shape index (κ2) is 6.61. The Morgan fingerprint density at radius 2 is 1.75 bits per heavy atom. The molecule has 0 saturated heterocycles. The van der Waals surface area contributed by atoms with Crippen LogP contribution in [-0.4, -0.2) is 35.4 Å². The van der Waals surface area contributed by atoms with Crippen LogP contribution in [0.15, 0.2) is 43.2 Å². The molecule has 2 heterocycles. The zero-order valence-corrected chi connectivity index (χ0v) is 13.8. The normalized spacial score (nSPS) is 12.3. The molecule has 8 nitrogen and oxygen atoms in total. The van der Waals surface area contributed by atoms with Gasteiger partial charge in [0.2, 0.25) is 0 Å². The lowest BCUT2D eigenvalue weighted by Crippen LogP contribution is -2.29. The molecular weight excluding hydrogens is 306 g/mol. The summed E-state index contributed by atoms with van der Waals surface area (Å²) in [5.41, 5.74) is 1.26. The molecule has 1 aromatic carbocycles. The van der Waals surface area contributed by atoms with Crippen LogP contribution in [0, 0.1) is 0 Å². The maximum Gasteiger partial charge on any atom is 0.253 e. The minimum Gasteiger partial charge on any atom is -0.342 e. The zero-order chi connectivity index (χ0) is 17.1. The number of nitrogens with one attached hydrogen (secondary N) is 1. The zero-order valence-electron chi connectivity index (χ0n) is 13.8. The SMILES string of the molecule is CC(NC(=O)c1ccccc1-n1cnnc1)c1nncn1C(C)C. The Morgan fingerprint density at radius 1 is 1.04 bits per heavy atom. The molecule has 8 heteroatoms. The van der Waals surface area contributed by atoms with E-state index < -0.39 is 0 Å². The quantitative estimate of drug-likeness (QED) is 0.774. The highest BCUT2D eigenvalue weighted by Crippen LogP contribution is 2.17. The summed E-state index contributed by atoms with van der Waals surface area (Å²) in [5, 5.41) is 18.6. The Hall–Kier alpha value is -3.03. The fourth-order valence-electron chi connectivity index (χ4n) is 2.51. The Labute approximate surface area is 139 Å². The standard InChI is InChI=1S/C16H19N7O/c1-11(2)23-10-19-21-15(23)12(3)20-16(24)13-6-4-5-7-14(13)22-8-17-18-9-22/h4-12H,1-3H3,(H,20,24). The third-order valence-electron chi connectivity index (χ3n) is 3.74. The van der Waals surface area contributed by atoms with Gasteiger partial charge in [-0.2, -0.15) is 0 Å². The number of nitrogens with zero attached hydrogens (tertiary/aromatic N) is 6. The number of aromatic nitrogens is 6. The first-order valence-corrected chi connectivity index (χ1v) is 7.72. The van der Waals surface area contributed by atoms with Crippen molar-refractivity contribution < 1.29 is 4.79 Å². The van der Waals surface area contributed by atoms with Gasteiger partial charge in [0.1, 0.15) is 19.0 Å². The summed E-state index contributed by atoms with van der Waals surface area (Å²) in [7, 11) is 0. The van der Waals surface area contributed by atoms with E-state index in [-0.39, 0.29) is 18.0 Å². The molecule has 0 aliphatic rings. The van der Waals surface area contributed by atoms with E-state index in [1.165, 1.54) is 0 Å². The first-order chi connectivity index (χ1) is 11.6. The molecule has 3 rings (SSSR count). The van der Waals surface area contributed by atoms with Crippen LogP contribution in [0.3, 0.4) is 0 Å². The van der Waals surface area contributed by atoms with Gasteiger partial charge in [0.15, 0.2) is 5.82 Å². The van der Waals surface area contributed by atoms with Crippen LogP contribution in [0.5, 0.6) is 0 Å². The van der Waals surface area contributed by atoms with E-state index in [1.807, 2.05) is 43.5 Å².